The van der Waals surface area contributed by atoms with Crippen molar-refractivity contribution in [3.8, 4) is 0 Å². The Bertz CT molecular complexity index is 1650. The molecule has 2 aromatic carbocycles. The first-order valence-electron chi connectivity index (χ1n) is 11.8. The Morgan fingerprint density at radius 3 is 2.14 bits per heavy atom. The van der Waals surface area contributed by atoms with Crippen molar-refractivity contribution in [2.24, 2.45) is 0 Å². The van der Waals surface area contributed by atoms with Gasteiger partial charge >= 0.3 is 6.09 Å². The van der Waals surface area contributed by atoms with Gasteiger partial charge in [0.1, 0.15) is 0 Å². The third-order valence-corrected chi connectivity index (χ3v) is 6.72. The summed E-state index contributed by atoms with van der Waals surface area (Å²) < 4.78 is 5.09. The van der Waals surface area contributed by atoms with Gasteiger partial charge in [-0.1, -0.05) is 0 Å². The van der Waals surface area contributed by atoms with Crippen molar-refractivity contribution in [2.45, 2.75) is 6.92 Å². The molecule has 10 heteroatoms. The standard InChI is InChI=1S/C26H23N7O2S/c1-2-35-26(34)33-13-11-32(12-14-33)25(36)29-16-7-8-19-20(15-16)31-24-18-6-4-10-28-22(18)21-17(23(24)30-19)5-3-9-27-21/h3-10,15H,2,11-14H2,1H3,(H,29,36). The molecule has 0 unspecified atom stereocenters. The molecule has 0 bridgehead atoms. The summed E-state index contributed by atoms with van der Waals surface area (Å²) in [5.41, 5.74) is 5.61. The van der Waals surface area contributed by atoms with E-state index >= 15 is 0 Å². The van der Waals surface area contributed by atoms with Gasteiger partial charge in [-0.2, -0.15) is 0 Å². The van der Waals surface area contributed by atoms with Gasteiger partial charge in [0.15, 0.2) is 5.11 Å². The Hall–Kier alpha value is -4.18. The molecule has 180 valence electrons. The number of ether oxygens (including phenoxy) is 1. The molecule has 1 N–H and O–H groups in total. The second-order valence-corrected chi connectivity index (χ2v) is 8.91. The first kappa shape index (κ1) is 22.3. The molecule has 6 rings (SSSR count). The largest absolute Gasteiger partial charge is 0.450 e. The Labute approximate surface area is 212 Å². The van der Waals surface area contributed by atoms with Crippen LogP contribution in [0.25, 0.3) is 43.9 Å². The number of nitrogens with one attached hydrogen (secondary N) is 1. The minimum atomic E-state index is -0.275. The highest BCUT2D eigenvalue weighted by Gasteiger charge is 2.23. The van der Waals surface area contributed by atoms with Gasteiger partial charge in [-0.3, -0.25) is 9.97 Å². The van der Waals surface area contributed by atoms with Crippen molar-refractivity contribution in [3.63, 3.8) is 0 Å². The second kappa shape index (κ2) is 9.12. The maximum atomic E-state index is 12.0. The van der Waals surface area contributed by atoms with Gasteiger partial charge in [-0.05, 0) is 61.6 Å². The van der Waals surface area contributed by atoms with Crippen LogP contribution in [0.5, 0.6) is 0 Å². The van der Waals surface area contributed by atoms with E-state index < -0.39 is 0 Å². The molecular formula is C26H23N7O2S. The van der Waals surface area contributed by atoms with Gasteiger partial charge in [0.05, 0.1) is 39.7 Å². The Morgan fingerprint density at radius 2 is 1.50 bits per heavy atom. The summed E-state index contributed by atoms with van der Waals surface area (Å²) in [6.45, 7) is 4.60. The van der Waals surface area contributed by atoms with Crippen LogP contribution in [0.3, 0.4) is 0 Å². The van der Waals surface area contributed by atoms with Crippen molar-refractivity contribution in [3.05, 3.63) is 54.9 Å². The molecule has 1 aliphatic rings. The normalized spacial score (nSPS) is 14.0. The maximum Gasteiger partial charge on any atom is 0.409 e. The predicted molar refractivity (Wildman–Crippen MR) is 144 cm³/mol. The number of amides is 1. The molecular weight excluding hydrogens is 474 g/mol. The maximum absolute atomic E-state index is 12.0. The van der Waals surface area contributed by atoms with E-state index in [1.165, 1.54) is 0 Å². The summed E-state index contributed by atoms with van der Waals surface area (Å²) in [6.07, 6.45) is 3.27. The number of thiocarbonyl (C=S) groups is 1. The van der Waals surface area contributed by atoms with E-state index in [1.807, 2.05) is 49.4 Å². The van der Waals surface area contributed by atoms with Gasteiger partial charge in [0.2, 0.25) is 0 Å². The molecule has 1 amide bonds. The average molecular weight is 498 g/mol. The van der Waals surface area contributed by atoms with Crippen molar-refractivity contribution < 1.29 is 9.53 Å². The van der Waals surface area contributed by atoms with Crippen LogP contribution in [0, 0.1) is 0 Å². The number of piperazine rings is 1. The number of carbonyl (C=O) groups is 1. The molecule has 0 radical (unpaired) electrons. The third kappa shape index (κ3) is 3.89. The number of hydrogen-bond donors (Lipinski definition) is 1. The van der Waals surface area contributed by atoms with Crippen LogP contribution in [-0.2, 0) is 4.74 Å². The molecule has 9 nitrogen and oxygen atoms in total. The van der Waals surface area contributed by atoms with Gasteiger partial charge in [-0.25, -0.2) is 14.8 Å². The van der Waals surface area contributed by atoms with Crippen molar-refractivity contribution in [1.82, 2.24) is 29.7 Å². The fourth-order valence-electron chi connectivity index (χ4n) is 4.59. The smallest absolute Gasteiger partial charge is 0.409 e. The van der Waals surface area contributed by atoms with Crippen LogP contribution in [-0.4, -0.2) is 73.7 Å². The lowest BCUT2D eigenvalue weighted by molar-refractivity contribution is 0.0923. The first-order chi connectivity index (χ1) is 17.6. The van der Waals surface area contributed by atoms with Crippen LogP contribution in [0.2, 0.25) is 0 Å². The lowest BCUT2D eigenvalue weighted by Gasteiger charge is -2.35. The molecule has 3 aromatic heterocycles. The Balaban J connectivity index is 1.31. The predicted octanol–water partition coefficient (Wildman–Crippen LogP) is 4.35. The van der Waals surface area contributed by atoms with Crippen molar-refractivity contribution >= 4 is 73.0 Å². The summed E-state index contributed by atoms with van der Waals surface area (Å²) in [5.74, 6) is 0. The number of pyridine rings is 2. The highest BCUT2D eigenvalue weighted by Crippen LogP contribution is 2.32. The number of anilines is 1. The highest BCUT2D eigenvalue weighted by atomic mass is 32.1. The van der Waals surface area contributed by atoms with E-state index in [2.05, 4.69) is 20.2 Å². The monoisotopic (exact) mass is 497 g/mol. The molecule has 1 saturated heterocycles. The molecule has 1 aliphatic heterocycles. The minimum absolute atomic E-state index is 0.275. The van der Waals surface area contributed by atoms with Gasteiger partial charge in [0, 0.05) is 55.0 Å². The third-order valence-electron chi connectivity index (χ3n) is 6.36. The van der Waals surface area contributed by atoms with E-state index in [4.69, 9.17) is 26.9 Å². The summed E-state index contributed by atoms with van der Waals surface area (Å²) in [5, 5.41) is 5.78. The summed E-state index contributed by atoms with van der Waals surface area (Å²) in [7, 11) is 0. The van der Waals surface area contributed by atoms with E-state index in [-0.39, 0.29) is 6.09 Å². The van der Waals surface area contributed by atoms with Crippen LogP contribution >= 0.6 is 12.2 Å². The van der Waals surface area contributed by atoms with Gasteiger partial charge in [-0.15, -0.1) is 0 Å². The number of aromatic nitrogens is 4. The molecule has 1 fully saturated rings. The van der Waals surface area contributed by atoms with Crippen LogP contribution in [0.1, 0.15) is 6.92 Å². The van der Waals surface area contributed by atoms with E-state index in [0.717, 1.165) is 49.6 Å². The molecule has 0 spiro atoms. The topological polar surface area (TPSA) is 96.4 Å². The quantitative estimate of drug-likeness (QED) is 0.217. The van der Waals surface area contributed by atoms with Gasteiger partial charge in [0.25, 0.3) is 0 Å². The van der Waals surface area contributed by atoms with Crippen molar-refractivity contribution in [2.75, 3.05) is 38.1 Å². The summed E-state index contributed by atoms with van der Waals surface area (Å²) >= 11 is 5.66. The molecule has 5 aromatic rings. The molecule has 4 heterocycles. The molecule has 0 atom stereocenters. The SMILES string of the molecule is CCOC(=O)N1CCN(C(=S)Nc2ccc3nc4c5cccnc5c5ncccc5c4nc3c2)CC1. The zero-order valence-electron chi connectivity index (χ0n) is 19.6. The fraction of sp³-hybridized carbons (Fsp3) is 0.231. The zero-order chi connectivity index (χ0) is 24.6. The zero-order valence-corrected chi connectivity index (χ0v) is 20.5. The van der Waals surface area contributed by atoms with Crippen LogP contribution < -0.4 is 5.32 Å². The number of carbonyl (C=O) groups excluding carboxylic acids is 1. The number of hydrogen-bond acceptors (Lipinski definition) is 7. The van der Waals surface area contributed by atoms with Gasteiger partial charge < -0.3 is 19.9 Å². The number of fused-ring (bicyclic) bond motifs is 7. The second-order valence-electron chi connectivity index (χ2n) is 8.53. The molecule has 0 aliphatic carbocycles. The Morgan fingerprint density at radius 1 is 0.889 bits per heavy atom. The molecule has 36 heavy (non-hydrogen) atoms. The minimum Gasteiger partial charge on any atom is -0.450 e. The summed E-state index contributed by atoms with van der Waals surface area (Å²) in [4.78, 5) is 34.8. The average Bonchev–Trinajstić information content (AvgIpc) is 2.92. The van der Waals surface area contributed by atoms with Crippen LogP contribution in [0.15, 0.2) is 54.9 Å². The van der Waals surface area contributed by atoms with Crippen molar-refractivity contribution in [1.29, 1.82) is 0 Å². The van der Waals surface area contributed by atoms with Crippen LogP contribution in [0.4, 0.5) is 10.5 Å². The number of benzene rings is 2. The lowest BCUT2D eigenvalue weighted by Crippen LogP contribution is -2.51. The number of rotatable bonds is 2. The Kier molecular flexibility index (Phi) is 5.65. The highest BCUT2D eigenvalue weighted by molar-refractivity contribution is 7.80. The summed E-state index contributed by atoms with van der Waals surface area (Å²) in [6, 6.07) is 13.7. The lowest BCUT2D eigenvalue weighted by atomic mass is 10.1. The molecule has 0 saturated carbocycles. The van der Waals surface area contributed by atoms with E-state index in [0.29, 0.717) is 37.9 Å². The first-order valence-corrected chi connectivity index (χ1v) is 12.2. The number of nitrogens with zero attached hydrogens (tertiary/aromatic N) is 6. The van der Waals surface area contributed by atoms with E-state index in [9.17, 15) is 4.79 Å². The van der Waals surface area contributed by atoms with E-state index in [1.54, 1.807) is 17.3 Å². The fourth-order valence-corrected chi connectivity index (χ4v) is 4.89.